The van der Waals surface area contributed by atoms with E-state index in [4.69, 9.17) is 11.6 Å². The number of alkyl halides is 3. The van der Waals surface area contributed by atoms with Gasteiger partial charge in [0, 0.05) is 35.6 Å². The molecule has 0 unspecified atom stereocenters. The monoisotopic (exact) mass is 496 g/mol. The highest BCUT2D eigenvalue weighted by molar-refractivity contribution is 6.30. The van der Waals surface area contributed by atoms with E-state index in [0.29, 0.717) is 15.1 Å². The first-order valence-electron chi connectivity index (χ1n) is 10.4. The third-order valence-electron chi connectivity index (χ3n) is 5.25. The lowest BCUT2D eigenvalue weighted by Gasteiger charge is -2.11. The van der Waals surface area contributed by atoms with Gasteiger partial charge < -0.3 is 5.32 Å². The summed E-state index contributed by atoms with van der Waals surface area (Å²) in [6, 6.07) is 17.5. The van der Waals surface area contributed by atoms with Crippen molar-refractivity contribution in [3.05, 3.63) is 101 Å². The van der Waals surface area contributed by atoms with Crippen LogP contribution in [-0.2, 0) is 12.7 Å². The van der Waals surface area contributed by atoms with Crippen molar-refractivity contribution in [1.82, 2.24) is 29.7 Å². The van der Waals surface area contributed by atoms with Gasteiger partial charge in [0.2, 0.25) is 0 Å². The fourth-order valence-corrected chi connectivity index (χ4v) is 3.64. The number of halogens is 4. The average molecular weight is 497 g/mol. The number of benzene rings is 2. The Morgan fingerprint density at radius 1 is 1.03 bits per heavy atom. The molecule has 0 saturated heterocycles. The van der Waals surface area contributed by atoms with Gasteiger partial charge in [-0.1, -0.05) is 35.9 Å². The van der Waals surface area contributed by atoms with E-state index in [1.807, 2.05) is 30.5 Å². The number of nitrogens with zero attached hydrogens (tertiary/aromatic N) is 5. The molecule has 35 heavy (non-hydrogen) atoms. The maximum atomic E-state index is 13.8. The van der Waals surface area contributed by atoms with Crippen LogP contribution in [0, 0.1) is 0 Å². The lowest BCUT2D eigenvalue weighted by atomic mass is 10.1. The maximum Gasteiger partial charge on any atom is 0.433 e. The standard InChI is InChI=1S/C24H16ClF3N6O/c25-17-6-4-16(5-7-17)19-12-21(24(26,27)28)34-22(31-19)13-20(32-34)23(35)29-14-15-2-8-18(9-3-15)33-11-1-10-30-33/h1-13H,14H2,(H,29,35). The topological polar surface area (TPSA) is 77.1 Å². The van der Waals surface area contributed by atoms with E-state index in [-0.39, 0.29) is 23.6 Å². The number of hydrogen-bond acceptors (Lipinski definition) is 4. The van der Waals surface area contributed by atoms with Gasteiger partial charge in [0.25, 0.3) is 5.91 Å². The number of fused-ring (bicyclic) bond motifs is 1. The van der Waals surface area contributed by atoms with Crippen LogP contribution in [0.25, 0.3) is 22.6 Å². The van der Waals surface area contributed by atoms with Gasteiger partial charge in [-0.05, 0) is 42.0 Å². The van der Waals surface area contributed by atoms with Crippen molar-refractivity contribution in [3.8, 4) is 16.9 Å². The largest absolute Gasteiger partial charge is 0.433 e. The third kappa shape index (κ3) is 4.73. The molecular weight excluding hydrogens is 481 g/mol. The summed E-state index contributed by atoms with van der Waals surface area (Å²) in [6.07, 6.45) is -1.24. The molecule has 11 heteroatoms. The molecule has 0 aliphatic rings. The normalized spacial score (nSPS) is 11.7. The molecule has 5 aromatic rings. The molecule has 0 bridgehead atoms. The summed E-state index contributed by atoms with van der Waals surface area (Å²) in [5.41, 5.74) is 0.882. The van der Waals surface area contributed by atoms with E-state index < -0.39 is 17.8 Å². The van der Waals surface area contributed by atoms with Crippen LogP contribution < -0.4 is 5.32 Å². The van der Waals surface area contributed by atoms with Crippen LogP contribution in [-0.4, -0.2) is 30.3 Å². The van der Waals surface area contributed by atoms with Crippen LogP contribution in [0.1, 0.15) is 21.7 Å². The number of aromatic nitrogens is 5. The van der Waals surface area contributed by atoms with Crippen LogP contribution in [0.3, 0.4) is 0 Å². The van der Waals surface area contributed by atoms with Gasteiger partial charge in [-0.2, -0.15) is 23.4 Å². The minimum atomic E-state index is -4.71. The van der Waals surface area contributed by atoms with Crippen LogP contribution in [0.4, 0.5) is 13.2 Å². The molecule has 3 heterocycles. The molecule has 0 spiro atoms. The first-order valence-corrected chi connectivity index (χ1v) is 10.8. The number of carbonyl (C=O) groups is 1. The molecule has 0 aliphatic carbocycles. The Morgan fingerprint density at radius 2 is 1.77 bits per heavy atom. The SMILES string of the molecule is O=C(NCc1ccc(-n2cccn2)cc1)c1cc2nc(-c3ccc(Cl)cc3)cc(C(F)(F)F)n2n1. The van der Waals surface area contributed by atoms with Gasteiger partial charge >= 0.3 is 6.18 Å². The molecular formula is C24H16ClF3N6O. The molecule has 1 amide bonds. The summed E-state index contributed by atoms with van der Waals surface area (Å²) in [6.45, 7) is 0.168. The van der Waals surface area contributed by atoms with Crippen molar-refractivity contribution >= 4 is 23.2 Å². The molecule has 3 aromatic heterocycles. The van der Waals surface area contributed by atoms with Gasteiger partial charge in [0.15, 0.2) is 17.0 Å². The molecule has 0 saturated carbocycles. The summed E-state index contributed by atoms with van der Waals surface area (Å²) in [7, 11) is 0. The Morgan fingerprint density at radius 3 is 2.43 bits per heavy atom. The molecule has 0 aliphatic heterocycles. The molecule has 2 aromatic carbocycles. The molecule has 5 rings (SSSR count). The van der Waals surface area contributed by atoms with Gasteiger partial charge in [0.05, 0.1) is 11.4 Å². The Balaban J connectivity index is 1.40. The number of amides is 1. The minimum absolute atomic E-state index is 0.0885. The molecule has 176 valence electrons. The van der Waals surface area contributed by atoms with Crippen LogP contribution in [0.15, 0.2) is 79.1 Å². The van der Waals surface area contributed by atoms with Gasteiger partial charge in [-0.3, -0.25) is 4.79 Å². The average Bonchev–Trinajstić information content (AvgIpc) is 3.52. The highest BCUT2D eigenvalue weighted by atomic mass is 35.5. The fourth-order valence-electron chi connectivity index (χ4n) is 3.52. The Hall–Kier alpha value is -4.18. The number of carbonyl (C=O) groups excluding carboxylic acids is 1. The molecule has 0 atom stereocenters. The van der Waals surface area contributed by atoms with E-state index in [2.05, 4.69) is 20.5 Å². The van der Waals surface area contributed by atoms with E-state index >= 15 is 0 Å². The number of rotatable bonds is 5. The van der Waals surface area contributed by atoms with E-state index in [0.717, 1.165) is 17.3 Å². The molecule has 0 fully saturated rings. The summed E-state index contributed by atoms with van der Waals surface area (Å²) in [4.78, 5) is 16.9. The van der Waals surface area contributed by atoms with E-state index in [9.17, 15) is 18.0 Å². The van der Waals surface area contributed by atoms with Crippen LogP contribution in [0.2, 0.25) is 5.02 Å². The molecule has 7 nitrogen and oxygen atoms in total. The third-order valence-corrected chi connectivity index (χ3v) is 5.50. The highest BCUT2D eigenvalue weighted by Crippen LogP contribution is 2.32. The number of nitrogens with one attached hydrogen (secondary N) is 1. The second-order valence-corrected chi connectivity index (χ2v) is 8.07. The molecule has 1 N–H and O–H groups in total. The first kappa shape index (κ1) is 22.6. The smallest absolute Gasteiger partial charge is 0.347 e. The summed E-state index contributed by atoms with van der Waals surface area (Å²) in [5.74, 6) is -0.618. The van der Waals surface area contributed by atoms with Crippen LogP contribution in [0.5, 0.6) is 0 Å². The van der Waals surface area contributed by atoms with Crippen molar-refractivity contribution in [1.29, 1.82) is 0 Å². The van der Waals surface area contributed by atoms with Crippen LogP contribution >= 0.6 is 11.6 Å². The summed E-state index contributed by atoms with van der Waals surface area (Å²) >= 11 is 5.88. The Labute approximate surface area is 201 Å². The number of hydrogen-bond donors (Lipinski definition) is 1. The summed E-state index contributed by atoms with van der Waals surface area (Å²) in [5, 5.41) is 11.2. The van der Waals surface area contributed by atoms with E-state index in [1.54, 1.807) is 41.2 Å². The zero-order valence-corrected chi connectivity index (χ0v) is 18.6. The van der Waals surface area contributed by atoms with Gasteiger partial charge in [0.1, 0.15) is 0 Å². The van der Waals surface area contributed by atoms with Crippen molar-refractivity contribution in [2.45, 2.75) is 12.7 Å². The van der Waals surface area contributed by atoms with E-state index in [1.165, 1.54) is 6.07 Å². The molecule has 0 radical (unpaired) electrons. The van der Waals surface area contributed by atoms with Crippen molar-refractivity contribution in [3.63, 3.8) is 0 Å². The second-order valence-electron chi connectivity index (χ2n) is 7.63. The fraction of sp³-hybridized carbons (Fsp3) is 0.0833. The summed E-state index contributed by atoms with van der Waals surface area (Å²) < 4.78 is 43.7. The lowest BCUT2D eigenvalue weighted by molar-refractivity contribution is -0.142. The quantitative estimate of drug-likeness (QED) is 0.363. The van der Waals surface area contributed by atoms with Crippen molar-refractivity contribution < 1.29 is 18.0 Å². The highest BCUT2D eigenvalue weighted by Gasteiger charge is 2.35. The van der Waals surface area contributed by atoms with Crippen molar-refractivity contribution in [2.75, 3.05) is 0 Å². The predicted molar refractivity (Wildman–Crippen MR) is 123 cm³/mol. The van der Waals surface area contributed by atoms with Gasteiger partial charge in [-0.15, -0.1) is 0 Å². The zero-order chi connectivity index (χ0) is 24.6. The first-order chi connectivity index (χ1) is 16.8. The van der Waals surface area contributed by atoms with Gasteiger partial charge in [-0.25, -0.2) is 14.2 Å². The van der Waals surface area contributed by atoms with Crippen molar-refractivity contribution in [2.24, 2.45) is 0 Å². The lowest BCUT2D eigenvalue weighted by Crippen LogP contribution is -2.23. The Kier molecular flexibility index (Phi) is 5.73. The predicted octanol–water partition coefficient (Wildman–Crippen LogP) is 5.18. The Bertz CT molecular complexity index is 1490. The maximum absolute atomic E-state index is 13.8. The zero-order valence-electron chi connectivity index (χ0n) is 17.9. The minimum Gasteiger partial charge on any atom is -0.347 e. The second kappa shape index (κ2) is 8.88.